The lowest BCUT2D eigenvalue weighted by Gasteiger charge is -2.33. The predicted octanol–water partition coefficient (Wildman–Crippen LogP) is 8.78. The van der Waals surface area contributed by atoms with Gasteiger partial charge in [0.2, 0.25) is 11.8 Å². The van der Waals surface area contributed by atoms with Gasteiger partial charge in [0.05, 0.1) is 37.3 Å². The lowest BCUT2D eigenvalue weighted by molar-refractivity contribution is -0.138. The normalized spacial score (nSPS) is 22.6. The Kier molecular flexibility index (Phi) is 12.4. The first-order valence-electron chi connectivity index (χ1n) is 21.1. The quantitative estimate of drug-likeness (QED) is 0.108. The van der Waals surface area contributed by atoms with E-state index in [1.54, 1.807) is 0 Å². The molecule has 8 atom stereocenters. The van der Waals surface area contributed by atoms with Gasteiger partial charge >= 0.3 is 12.2 Å². The van der Waals surface area contributed by atoms with Gasteiger partial charge in [0.25, 0.3) is 0 Å². The zero-order valence-electron chi connectivity index (χ0n) is 36.5. The molecule has 3 aromatic carbocycles. The molecule has 2 saturated heterocycles. The SMILES string of the molecule is COC(=O)N[C@H](C(=O)N1[C@H](C)[C@H](C)C[C@H]1c1nc(-c2ccc3cc(-c4ccc5nc([C@@H]6C[C@@H](C)[C@@H](C)N6C(=O)[C@@H](NC(=O)OC)C(C)C)[nH]c5c4)ccc3c2)c(Cl)[nH]1)C(C)C. The first kappa shape index (κ1) is 43.5. The van der Waals surface area contributed by atoms with Crippen LogP contribution in [-0.4, -0.2) is 92.1 Å². The molecule has 4 amide bonds. The molecule has 4 N–H and O–H groups in total. The summed E-state index contributed by atoms with van der Waals surface area (Å²) in [6.45, 7) is 15.9. The number of aromatic nitrogens is 4. The standard InChI is InChI=1S/C46H57ClN8O6/c1-22(2)37(51-45(58)60-9)43(56)54-26(7)24(5)17-35(54)41-48-33-16-15-31(21-34(33)49-41)29-11-12-30-20-32(14-13-28(30)19-29)39-40(47)53-42(50-39)36-18-25(6)27(8)55(36)44(57)38(23(3)4)52-46(59)61-10/h11-16,19-27,35-38H,17-18H2,1-10H3,(H,48,49)(H,50,53)(H,51,58)(H,52,59)/t24-,25-,26-,27-,35+,36+,37+,38+/m1/s1. The van der Waals surface area contributed by atoms with Gasteiger partial charge in [-0.15, -0.1) is 0 Å². The van der Waals surface area contributed by atoms with Crippen LogP contribution in [0, 0.1) is 23.7 Å². The number of benzene rings is 3. The second-order valence-corrected chi connectivity index (χ2v) is 17.9. The van der Waals surface area contributed by atoms with Gasteiger partial charge in [-0.3, -0.25) is 9.59 Å². The average molecular weight is 853 g/mol. The number of hydrogen-bond donors (Lipinski definition) is 4. The molecule has 0 aliphatic carbocycles. The van der Waals surface area contributed by atoms with Crippen molar-refractivity contribution in [2.75, 3.05) is 14.2 Å². The fourth-order valence-corrected chi connectivity index (χ4v) is 9.26. The Morgan fingerprint density at radius 1 is 0.672 bits per heavy atom. The molecule has 4 heterocycles. The number of ether oxygens (including phenoxy) is 2. The van der Waals surface area contributed by atoms with E-state index < -0.39 is 24.3 Å². The number of carbonyl (C=O) groups excluding carboxylic acids is 4. The van der Waals surface area contributed by atoms with E-state index in [0.29, 0.717) is 23.1 Å². The van der Waals surface area contributed by atoms with Crippen LogP contribution in [0.25, 0.3) is 44.2 Å². The number of nitrogens with zero attached hydrogens (tertiary/aromatic N) is 4. The number of H-pyrrole nitrogens is 2. The molecule has 5 aromatic rings. The van der Waals surface area contributed by atoms with E-state index >= 15 is 0 Å². The Bertz CT molecular complexity index is 2460. The zero-order valence-corrected chi connectivity index (χ0v) is 37.3. The number of hydrogen-bond acceptors (Lipinski definition) is 8. The second-order valence-electron chi connectivity index (χ2n) is 17.6. The Labute approximate surface area is 361 Å². The van der Waals surface area contributed by atoms with Gasteiger partial charge in [-0.1, -0.05) is 83.5 Å². The summed E-state index contributed by atoms with van der Waals surface area (Å²) in [5.41, 5.74) is 5.15. The van der Waals surface area contributed by atoms with E-state index in [-0.39, 0.29) is 59.7 Å². The number of halogens is 1. The van der Waals surface area contributed by atoms with Crippen LogP contribution in [0.3, 0.4) is 0 Å². The van der Waals surface area contributed by atoms with Crippen LogP contribution in [0.1, 0.15) is 92.0 Å². The second kappa shape index (κ2) is 17.4. The Morgan fingerprint density at radius 3 is 1.64 bits per heavy atom. The first-order valence-corrected chi connectivity index (χ1v) is 21.5. The summed E-state index contributed by atoms with van der Waals surface area (Å²) in [4.78, 5) is 72.8. The van der Waals surface area contributed by atoms with Gasteiger partial charge < -0.3 is 39.9 Å². The molecular formula is C46H57ClN8O6. The van der Waals surface area contributed by atoms with Gasteiger partial charge in [0.1, 0.15) is 34.6 Å². The number of amides is 4. The summed E-state index contributed by atoms with van der Waals surface area (Å²) < 4.78 is 9.64. The number of fused-ring (bicyclic) bond motifs is 2. The van der Waals surface area contributed by atoms with Crippen LogP contribution in [0.2, 0.25) is 5.15 Å². The minimum Gasteiger partial charge on any atom is -0.453 e. The van der Waals surface area contributed by atoms with Crippen molar-refractivity contribution in [2.24, 2.45) is 23.7 Å². The van der Waals surface area contributed by atoms with Crippen molar-refractivity contribution in [1.82, 2.24) is 40.4 Å². The summed E-state index contributed by atoms with van der Waals surface area (Å²) in [6.07, 6.45) is 0.150. The number of alkyl carbamates (subject to hydrolysis) is 2. The fraction of sp³-hybridized carbons (Fsp3) is 0.478. The van der Waals surface area contributed by atoms with E-state index in [1.165, 1.54) is 14.2 Å². The maximum absolute atomic E-state index is 14.0. The molecule has 0 bridgehead atoms. The van der Waals surface area contributed by atoms with Gasteiger partial charge in [0.15, 0.2) is 0 Å². The van der Waals surface area contributed by atoms with Crippen molar-refractivity contribution in [3.8, 4) is 22.4 Å². The summed E-state index contributed by atoms with van der Waals surface area (Å²) in [5.74, 6) is 1.11. The van der Waals surface area contributed by atoms with E-state index in [1.807, 2.05) is 63.5 Å². The molecule has 0 saturated carbocycles. The van der Waals surface area contributed by atoms with Crippen LogP contribution < -0.4 is 10.6 Å². The van der Waals surface area contributed by atoms with E-state index in [4.69, 9.17) is 31.0 Å². The highest BCUT2D eigenvalue weighted by atomic mass is 35.5. The molecule has 0 spiro atoms. The van der Waals surface area contributed by atoms with Crippen molar-refractivity contribution in [2.45, 2.75) is 104 Å². The highest BCUT2D eigenvalue weighted by Crippen LogP contribution is 2.43. The fourth-order valence-electron chi connectivity index (χ4n) is 9.01. The summed E-state index contributed by atoms with van der Waals surface area (Å²) >= 11 is 6.85. The Balaban J connectivity index is 1.12. The van der Waals surface area contributed by atoms with Crippen LogP contribution in [0.5, 0.6) is 0 Å². The minimum atomic E-state index is -0.758. The van der Waals surface area contributed by atoms with Gasteiger partial charge in [0, 0.05) is 17.6 Å². The average Bonchev–Trinajstić information content (AvgIpc) is 4.00. The van der Waals surface area contributed by atoms with Crippen molar-refractivity contribution in [3.05, 3.63) is 71.4 Å². The molecule has 0 radical (unpaired) electrons. The molecule has 2 aliphatic heterocycles. The largest absolute Gasteiger partial charge is 0.453 e. The summed E-state index contributed by atoms with van der Waals surface area (Å²) in [5, 5.41) is 7.90. The Hall–Kier alpha value is -5.63. The predicted molar refractivity (Wildman–Crippen MR) is 236 cm³/mol. The molecule has 2 aliphatic rings. The molecule has 2 fully saturated rings. The number of likely N-dealkylation sites (tertiary alicyclic amines) is 2. The zero-order chi connectivity index (χ0) is 44.0. The number of rotatable bonds is 10. The minimum absolute atomic E-state index is 0.0481. The van der Waals surface area contributed by atoms with Gasteiger partial charge in [-0.2, -0.15) is 0 Å². The van der Waals surface area contributed by atoms with Crippen LogP contribution in [-0.2, 0) is 19.1 Å². The topological polar surface area (TPSA) is 175 Å². The maximum atomic E-state index is 14.0. The van der Waals surface area contributed by atoms with Crippen LogP contribution in [0.15, 0.2) is 54.6 Å². The van der Waals surface area contributed by atoms with Gasteiger partial charge in [-0.05, 0) is 96.5 Å². The number of nitrogens with one attached hydrogen (secondary N) is 4. The number of aromatic amines is 2. The van der Waals surface area contributed by atoms with E-state index in [0.717, 1.165) is 50.7 Å². The van der Waals surface area contributed by atoms with Crippen LogP contribution in [0.4, 0.5) is 9.59 Å². The molecular weight excluding hydrogens is 796 g/mol. The third-order valence-electron chi connectivity index (χ3n) is 12.9. The van der Waals surface area contributed by atoms with E-state index in [2.05, 4.69) is 76.9 Å². The van der Waals surface area contributed by atoms with Crippen molar-refractivity contribution >= 4 is 57.4 Å². The first-order chi connectivity index (χ1) is 29.0. The Morgan fingerprint density at radius 2 is 1.13 bits per heavy atom. The smallest absolute Gasteiger partial charge is 0.407 e. The summed E-state index contributed by atoms with van der Waals surface area (Å²) in [7, 11) is 2.58. The molecule has 7 rings (SSSR count). The van der Waals surface area contributed by atoms with Gasteiger partial charge in [-0.25, -0.2) is 19.6 Å². The summed E-state index contributed by atoms with van der Waals surface area (Å²) in [6, 6.07) is 16.3. The molecule has 61 heavy (non-hydrogen) atoms. The molecule has 0 unspecified atom stereocenters. The highest BCUT2D eigenvalue weighted by molar-refractivity contribution is 6.32. The van der Waals surface area contributed by atoms with E-state index in [9.17, 15) is 19.2 Å². The van der Waals surface area contributed by atoms with Crippen molar-refractivity contribution < 1.29 is 28.7 Å². The van der Waals surface area contributed by atoms with Crippen molar-refractivity contribution in [3.63, 3.8) is 0 Å². The van der Waals surface area contributed by atoms with Crippen LogP contribution >= 0.6 is 11.6 Å². The number of imidazole rings is 2. The number of methoxy groups -OCH3 is 2. The maximum Gasteiger partial charge on any atom is 0.407 e. The lowest BCUT2D eigenvalue weighted by Crippen LogP contribution is -2.53. The molecule has 15 heteroatoms. The third-order valence-corrected chi connectivity index (χ3v) is 13.2. The molecule has 324 valence electrons. The molecule has 2 aromatic heterocycles. The third kappa shape index (κ3) is 8.38. The highest BCUT2D eigenvalue weighted by Gasteiger charge is 2.46. The lowest BCUT2D eigenvalue weighted by atomic mass is 9.99. The monoisotopic (exact) mass is 852 g/mol. The molecule has 14 nitrogen and oxygen atoms in total. The number of carbonyl (C=O) groups is 4. The van der Waals surface area contributed by atoms with Crippen molar-refractivity contribution in [1.29, 1.82) is 0 Å².